The first-order chi connectivity index (χ1) is 13.9. The van der Waals surface area contributed by atoms with E-state index in [0.717, 1.165) is 5.56 Å². The van der Waals surface area contributed by atoms with Gasteiger partial charge in [-0.3, -0.25) is 9.69 Å². The predicted molar refractivity (Wildman–Crippen MR) is 124 cm³/mol. The van der Waals surface area contributed by atoms with E-state index in [1.54, 1.807) is 43.5 Å². The Kier molecular flexibility index (Phi) is 7.24. The van der Waals surface area contributed by atoms with E-state index in [1.165, 1.54) is 16.7 Å². The Morgan fingerprint density at radius 1 is 1.28 bits per heavy atom. The summed E-state index contributed by atoms with van der Waals surface area (Å²) in [6, 6.07) is 10.7. The second kappa shape index (κ2) is 9.67. The third kappa shape index (κ3) is 4.95. The predicted octanol–water partition coefficient (Wildman–Crippen LogP) is 5.97. The quantitative estimate of drug-likeness (QED) is 0.286. The minimum absolute atomic E-state index is 0.158. The Morgan fingerprint density at radius 2 is 2.07 bits per heavy atom. The average Bonchev–Trinajstić information content (AvgIpc) is 2.95. The molecule has 1 amide bonds. The lowest BCUT2D eigenvalue weighted by atomic mass is 10.1. The standard InChI is InChI=1S/C21H17Cl2NO3S2/c1-3-9-24-20(25)18(29-21(24)28)10-13-5-4-6-17(26-2)19(13)27-12-14-7-8-15(22)11-16(14)23/h3-8,10-11H,1,9,12H2,2H3/b18-10+. The average molecular weight is 466 g/mol. The normalized spacial score (nSPS) is 15.1. The van der Waals surface area contributed by atoms with Crippen LogP contribution < -0.4 is 9.47 Å². The van der Waals surface area contributed by atoms with Crippen molar-refractivity contribution in [3.8, 4) is 11.5 Å². The third-order valence-corrected chi connectivity index (χ3v) is 6.05. The molecule has 3 rings (SSSR count). The Labute approximate surface area is 189 Å². The van der Waals surface area contributed by atoms with Crippen molar-refractivity contribution in [1.29, 1.82) is 0 Å². The number of nitrogens with zero attached hydrogens (tertiary/aromatic N) is 1. The van der Waals surface area contributed by atoms with E-state index in [4.69, 9.17) is 44.9 Å². The second-order valence-corrected chi connectivity index (χ2v) is 8.50. The van der Waals surface area contributed by atoms with Crippen LogP contribution in [-0.2, 0) is 11.4 Å². The van der Waals surface area contributed by atoms with Crippen LogP contribution in [0.2, 0.25) is 10.0 Å². The summed E-state index contributed by atoms with van der Waals surface area (Å²) in [5.41, 5.74) is 1.48. The van der Waals surface area contributed by atoms with Crippen LogP contribution in [0.3, 0.4) is 0 Å². The fourth-order valence-electron chi connectivity index (χ4n) is 2.68. The lowest BCUT2D eigenvalue weighted by Crippen LogP contribution is -2.27. The van der Waals surface area contributed by atoms with Gasteiger partial charge in [-0.05, 0) is 24.3 Å². The molecule has 0 spiro atoms. The maximum absolute atomic E-state index is 12.6. The van der Waals surface area contributed by atoms with E-state index >= 15 is 0 Å². The number of para-hydroxylation sites is 1. The summed E-state index contributed by atoms with van der Waals surface area (Å²) in [6.45, 7) is 4.26. The van der Waals surface area contributed by atoms with Crippen molar-refractivity contribution in [1.82, 2.24) is 4.90 Å². The molecule has 150 valence electrons. The van der Waals surface area contributed by atoms with E-state index < -0.39 is 0 Å². The van der Waals surface area contributed by atoms with Crippen LogP contribution in [0, 0.1) is 0 Å². The van der Waals surface area contributed by atoms with Crippen LogP contribution in [0.15, 0.2) is 54.0 Å². The zero-order chi connectivity index (χ0) is 21.0. The number of thioether (sulfide) groups is 1. The highest BCUT2D eigenvalue weighted by atomic mass is 35.5. The van der Waals surface area contributed by atoms with Gasteiger partial charge in [0.25, 0.3) is 5.91 Å². The van der Waals surface area contributed by atoms with Crippen LogP contribution in [0.4, 0.5) is 0 Å². The number of carbonyl (C=O) groups is 1. The van der Waals surface area contributed by atoms with Crippen LogP contribution in [0.1, 0.15) is 11.1 Å². The van der Waals surface area contributed by atoms with E-state index in [9.17, 15) is 4.79 Å². The minimum atomic E-state index is -0.158. The number of rotatable bonds is 7. The number of halogens is 2. The van der Waals surface area contributed by atoms with Gasteiger partial charge in [-0.15, -0.1) is 6.58 Å². The zero-order valence-electron chi connectivity index (χ0n) is 15.5. The van der Waals surface area contributed by atoms with Gasteiger partial charge >= 0.3 is 0 Å². The Balaban J connectivity index is 1.91. The molecule has 0 radical (unpaired) electrons. The monoisotopic (exact) mass is 465 g/mol. The van der Waals surface area contributed by atoms with Crippen molar-refractivity contribution >= 4 is 63.5 Å². The van der Waals surface area contributed by atoms with Gasteiger partial charge < -0.3 is 9.47 Å². The molecule has 2 aromatic rings. The van der Waals surface area contributed by atoms with E-state index in [0.29, 0.717) is 42.9 Å². The first-order valence-corrected chi connectivity index (χ1v) is 10.5. The molecule has 0 unspecified atom stereocenters. The highest BCUT2D eigenvalue weighted by Gasteiger charge is 2.31. The fourth-order valence-corrected chi connectivity index (χ4v) is 4.41. The van der Waals surface area contributed by atoms with Gasteiger partial charge in [0.05, 0.1) is 12.0 Å². The highest BCUT2D eigenvalue weighted by Crippen LogP contribution is 2.38. The molecule has 0 saturated carbocycles. The van der Waals surface area contributed by atoms with E-state index in [1.807, 2.05) is 12.1 Å². The van der Waals surface area contributed by atoms with E-state index in [-0.39, 0.29) is 12.5 Å². The molecule has 29 heavy (non-hydrogen) atoms. The molecule has 8 heteroatoms. The molecule has 1 aliphatic rings. The minimum Gasteiger partial charge on any atom is -0.493 e. The summed E-state index contributed by atoms with van der Waals surface area (Å²) < 4.78 is 12.0. The van der Waals surface area contributed by atoms with Crippen molar-refractivity contribution < 1.29 is 14.3 Å². The van der Waals surface area contributed by atoms with Crippen LogP contribution in [-0.4, -0.2) is 28.8 Å². The molecule has 1 heterocycles. The van der Waals surface area contributed by atoms with Crippen LogP contribution in [0.25, 0.3) is 6.08 Å². The van der Waals surface area contributed by atoms with Crippen LogP contribution >= 0.6 is 47.2 Å². The highest BCUT2D eigenvalue weighted by molar-refractivity contribution is 8.26. The number of hydrogen-bond donors (Lipinski definition) is 0. The summed E-state index contributed by atoms with van der Waals surface area (Å²) >= 11 is 18.7. The Bertz CT molecular complexity index is 1010. The molecular weight excluding hydrogens is 449 g/mol. The SMILES string of the molecule is C=CCN1C(=O)/C(=C\c2cccc(OC)c2OCc2ccc(Cl)cc2Cl)SC1=S. The Morgan fingerprint density at radius 3 is 2.76 bits per heavy atom. The van der Waals surface area contributed by atoms with Gasteiger partial charge in [0.1, 0.15) is 10.9 Å². The Hall–Kier alpha value is -1.99. The second-order valence-electron chi connectivity index (χ2n) is 5.98. The number of ether oxygens (including phenoxy) is 2. The number of carbonyl (C=O) groups excluding carboxylic acids is 1. The summed E-state index contributed by atoms with van der Waals surface area (Å²) in [6.07, 6.45) is 3.40. The molecule has 0 atom stereocenters. The molecule has 1 saturated heterocycles. The lowest BCUT2D eigenvalue weighted by molar-refractivity contribution is -0.121. The van der Waals surface area contributed by atoms with Gasteiger partial charge in [-0.25, -0.2) is 0 Å². The molecule has 4 nitrogen and oxygen atoms in total. The first kappa shape index (κ1) is 21.7. The zero-order valence-corrected chi connectivity index (χ0v) is 18.6. The molecule has 0 bridgehead atoms. The smallest absolute Gasteiger partial charge is 0.266 e. The molecular formula is C21H17Cl2NO3S2. The van der Waals surface area contributed by atoms with Gasteiger partial charge in [-0.2, -0.15) is 0 Å². The molecule has 2 aromatic carbocycles. The first-order valence-electron chi connectivity index (χ1n) is 8.54. The largest absolute Gasteiger partial charge is 0.493 e. The fraction of sp³-hybridized carbons (Fsp3) is 0.143. The number of amides is 1. The van der Waals surface area contributed by atoms with Gasteiger partial charge in [-0.1, -0.05) is 71.5 Å². The number of methoxy groups -OCH3 is 1. The van der Waals surface area contributed by atoms with E-state index in [2.05, 4.69) is 6.58 Å². The maximum atomic E-state index is 12.6. The maximum Gasteiger partial charge on any atom is 0.266 e. The summed E-state index contributed by atoms with van der Waals surface area (Å²) in [5.74, 6) is 0.898. The van der Waals surface area contributed by atoms with Gasteiger partial charge in [0, 0.05) is 27.7 Å². The molecule has 0 N–H and O–H groups in total. The van der Waals surface area contributed by atoms with Gasteiger partial charge in [0.15, 0.2) is 11.5 Å². The topological polar surface area (TPSA) is 38.8 Å². The molecule has 0 aliphatic carbocycles. The third-order valence-electron chi connectivity index (χ3n) is 4.09. The number of benzene rings is 2. The summed E-state index contributed by atoms with van der Waals surface area (Å²) in [5, 5.41) is 1.07. The van der Waals surface area contributed by atoms with Crippen molar-refractivity contribution in [2.75, 3.05) is 13.7 Å². The van der Waals surface area contributed by atoms with Crippen LogP contribution in [0.5, 0.6) is 11.5 Å². The van der Waals surface area contributed by atoms with Crippen molar-refractivity contribution in [2.24, 2.45) is 0 Å². The van der Waals surface area contributed by atoms with Crippen molar-refractivity contribution in [3.05, 3.63) is 75.1 Å². The van der Waals surface area contributed by atoms with Crippen molar-refractivity contribution in [2.45, 2.75) is 6.61 Å². The lowest BCUT2D eigenvalue weighted by Gasteiger charge is -2.14. The number of thiocarbonyl (C=S) groups is 1. The molecule has 0 aromatic heterocycles. The summed E-state index contributed by atoms with van der Waals surface area (Å²) in [4.78, 5) is 14.7. The number of hydrogen-bond acceptors (Lipinski definition) is 5. The molecule has 1 fully saturated rings. The van der Waals surface area contributed by atoms with Crippen molar-refractivity contribution in [3.63, 3.8) is 0 Å². The summed E-state index contributed by atoms with van der Waals surface area (Å²) in [7, 11) is 1.56. The van der Waals surface area contributed by atoms with Gasteiger partial charge in [0.2, 0.25) is 0 Å². The molecule has 1 aliphatic heterocycles.